The summed E-state index contributed by atoms with van der Waals surface area (Å²) < 4.78 is 41.4. The predicted molar refractivity (Wildman–Crippen MR) is 60.3 cm³/mol. The number of methoxy groups -OCH3 is 1. The number of ether oxygens (including phenoxy) is 1. The standard InChI is InChI=1S/C11H13F3N2O2/c1-18-8-5-3-2-4-7(8)16-10(17)6-9(15)11(12,13)14/h2-5,9H,6,15H2,1H3,(H,16,17). The molecule has 0 aromatic heterocycles. The van der Waals surface area contributed by atoms with Gasteiger partial charge in [-0.1, -0.05) is 12.1 Å². The summed E-state index contributed by atoms with van der Waals surface area (Å²) in [6.45, 7) is 0. The van der Waals surface area contributed by atoms with Crippen molar-refractivity contribution in [3.63, 3.8) is 0 Å². The summed E-state index contributed by atoms with van der Waals surface area (Å²) in [5.41, 5.74) is 5.16. The zero-order valence-electron chi connectivity index (χ0n) is 9.62. The van der Waals surface area contributed by atoms with Crippen LogP contribution in [0.2, 0.25) is 0 Å². The molecule has 0 aliphatic rings. The van der Waals surface area contributed by atoms with Crippen molar-refractivity contribution in [2.45, 2.75) is 18.6 Å². The first kappa shape index (κ1) is 14.3. The monoisotopic (exact) mass is 262 g/mol. The van der Waals surface area contributed by atoms with Gasteiger partial charge in [-0.05, 0) is 12.1 Å². The summed E-state index contributed by atoms with van der Waals surface area (Å²) in [6, 6.07) is 4.24. The van der Waals surface area contributed by atoms with Crippen LogP contribution in [0, 0.1) is 0 Å². The second kappa shape index (κ2) is 5.72. The third-order valence-corrected chi connectivity index (χ3v) is 2.21. The molecule has 1 aromatic carbocycles. The van der Waals surface area contributed by atoms with Gasteiger partial charge in [-0.3, -0.25) is 4.79 Å². The van der Waals surface area contributed by atoms with Crippen molar-refractivity contribution >= 4 is 11.6 Å². The lowest BCUT2D eigenvalue weighted by atomic mass is 10.2. The highest BCUT2D eigenvalue weighted by Crippen LogP contribution is 2.24. The molecule has 0 saturated carbocycles. The number of halogens is 3. The second-order valence-corrected chi connectivity index (χ2v) is 3.60. The van der Waals surface area contributed by atoms with Crippen LogP contribution in [0.5, 0.6) is 5.75 Å². The third-order valence-electron chi connectivity index (χ3n) is 2.21. The summed E-state index contributed by atoms with van der Waals surface area (Å²) in [7, 11) is 1.40. The topological polar surface area (TPSA) is 64.3 Å². The summed E-state index contributed by atoms with van der Waals surface area (Å²) >= 11 is 0. The van der Waals surface area contributed by atoms with E-state index in [0.29, 0.717) is 11.4 Å². The van der Waals surface area contributed by atoms with Gasteiger partial charge in [-0.25, -0.2) is 0 Å². The average Bonchev–Trinajstić information content (AvgIpc) is 2.28. The lowest BCUT2D eigenvalue weighted by Crippen LogP contribution is -2.40. The number of rotatable bonds is 4. The molecule has 0 fully saturated rings. The second-order valence-electron chi connectivity index (χ2n) is 3.60. The number of alkyl halides is 3. The molecule has 0 saturated heterocycles. The van der Waals surface area contributed by atoms with Crippen LogP contribution in [0.25, 0.3) is 0 Å². The Morgan fingerprint density at radius 2 is 2.06 bits per heavy atom. The van der Waals surface area contributed by atoms with Crippen LogP contribution in [0.1, 0.15) is 6.42 Å². The van der Waals surface area contributed by atoms with E-state index in [2.05, 4.69) is 5.32 Å². The van der Waals surface area contributed by atoms with Crippen LogP contribution in [-0.4, -0.2) is 25.2 Å². The van der Waals surface area contributed by atoms with E-state index in [1.54, 1.807) is 18.2 Å². The molecule has 0 bridgehead atoms. The Labute approximate surface area is 102 Å². The first-order chi connectivity index (χ1) is 8.34. The van der Waals surface area contributed by atoms with E-state index in [0.717, 1.165) is 0 Å². The van der Waals surface area contributed by atoms with Gasteiger partial charge in [0.2, 0.25) is 5.91 Å². The Balaban J connectivity index is 2.65. The Bertz CT molecular complexity index is 421. The Hall–Kier alpha value is -1.76. The first-order valence-electron chi connectivity index (χ1n) is 5.09. The van der Waals surface area contributed by atoms with Gasteiger partial charge >= 0.3 is 6.18 Å². The van der Waals surface area contributed by atoms with Crippen LogP contribution in [0.15, 0.2) is 24.3 Å². The van der Waals surface area contributed by atoms with Gasteiger partial charge < -0.3 is 15.8 Å². The fourth-order valence-electron chi connectivity index (χ4n) is 1.26. The van der Waals surface area contributed by atoms with Crippen molar-refractivity contribution < 1.29 is 22.7 Å². The molecule has 1 atom stereocenters. The molecule has 0 radical (unpaired) electrons. The minimum absolute atomic E-state index is 0.305. The van der Waals surface area contributed by atoms with E-state index < -0.39 is 24.5 Å². The van der Waals surface area contributed by atoms with Crippen LogP contribution in [0.4, 0.5) is 18.9 Å². The Morgan fingerprint density at radius 1 is 1.44 bits per heavy atom. The quantitative estimate of drug-likeness (QED) is 0.871. The van der Waals surface area contributed by atoms with E-state index in [9.17, 15) is 18.0 Å². The zero-order valence-corrected chi connectivity index (χ0v) is 9.62. The molecule has 7 heteroatoms. The number of hydrogen-bond acceptors (Lipinski definition) is 3. The predicted octanol–water partition coefficient (Wildman–Crippen LogP) is 1.91. The van der Waals surface area contributed by atoms with Crippen molar-refractivity contribution in [3.05, 3.63) is 24.3 Å². The maximum Gasteiger partial charge on any atom is 0.404 e. The number of para-hydroxylation sites is 2. The van der Waals surface area contributed by atoms with Gasteiger partial charge in [0.25, 0.3) is 0 Å². The SMILES string of the molecule is COc1ccccc1NC(=O)CC(N)C(F)(F)F. The fraction of sp³-hybridized carbons (Fsp3) is 0.364. The normalized spacial score (nSPS) is 12.9. The number of anilines is 1. The summed E-state index contributed by atoms with van der Waals surface area (Å²) in [4.78, 5) is 11.4. The zero-order chi connectivity index (χ0) is 13.8. The molecule has 1 amide bonds. The van der Waals surface area contributed by atoms with Crippen molar-refractivity contribution in [2.75, 3.05) is 12.4 Å². The van der Waals surface area contributed by atoms with E-state index in [1.807, 2.05) is 0 Å². The molecule has 0 spiro atoms. The van der Waals surface area contributed by atoms with E-state index in [1.165, 1.54) is 13.2 Å². The number of nitrogens with two attached hydrogens (primary N) is 1. The van der Waals surface area contributed by atoms with Gasteiger partial charge in [-0.15, -0.1) is 0 Å². The number of nitrogens with one attached hydrogen (secondary N) is 1. The van der Waals surface area contributed by atoms with Gasteiger partial charge in [0, 0.05) is 0 Å². The molecular formula is C11H13F3N2O2. The molecule has 18 heavy (non-hydrogen) atoms. The minimum Gasteiger partial charge on any atom is -0.495 e. The summed E-state index contributed by atoms with van der Waals surface area (Å²) in [5, 5.41) is 2.32. The van der Waals surface area contributed by atoms with Crippen LogP contribution in [-0.2, 0) is 4.79 Å². The van der Waals surface area contributed by atoms with Crippen LogP contribution >= 0.6 is 0 Å². The van der Waals surface area contributed by atoms with Gasteiger partial charge in [-0.2, -0.15) is 13.2 Å². The molecule has 1 aromatic rings. The number of carbonyl (C=O) groups is 1. The molecule has 1 rings (SSSR count). The van der Waals surface area contributed by atoms with E-state index in [4.69, 9.17) is 10.5 Å². The van der Waals surface area contributed by atoms with Crippen LogP contribution < -0.4 is 15.8 Å². The third kappa shape index (κ3) is 3.92. The van der Waals surface area contributed by atoms with Crippen molar-refractivity contribution in [1.29, 1.82) is 0 Å². The molecule has 0 aliphatic heterocycles. The molecule has 1 unspecified atom stereocenters. The number of benzene rings is 1. The summed E-state index contributed by atoms with van der Waals surface area (Å²) in [5.74, 6) is -0.448. The summed E-state index contributed by atoms with van der Waals surface area (Å²) in [6.07, 6.45) is -5.42. The molecule has 4 nitrogen and oxygen atoms in total. The molecule has 0 heterocycles. The number of carbonyl (C=O) groups excluding carboxylic acids is 1. The van der Waals surface area contributed by atoms with Gasteiger partial charge in [0.1, 0.15) is 11.8 Å². The number of amides is 1. The van der Waals surface area contributed by atoms with Crippen molar-refractivity contribution in [3.8, 4) is 5.75 Å². The highest BCUT2D eigenvalue weighted by molar-refractivity contribution is 5.92. The number of hydrogen-bond donors (Lipinski definition) is 2. The Kier molecular flexibility index (Phi) is 4.55. The molecule has 3 N–H and O–H groups in total. The molecule has 0 aliphatic carbocycles. The van der Waals surface area contributed by atoms with Crippen LogP contribution in [0.3, 0.4) is 0 Å². The maximum absolute atomic E-state index is 12.2. The highest BCUT2D eigenvalue weighted by Gasteiger charge is 2.37. The largest absolute Gasteiger partial charge is 0.495 e. The van der Waals surface area contributed by atoms with E-state index >= 15 is 0 Å². The molecular weight excluding hydrogens is 249 g/mol. The molecule has 100 valence electrons. The van der Waals surface area contributed by atoms with Crippen molar-refractivity contribution in [2.24, 2.45) is 5.73 Å². The van der Waals surface area contributed by atoms with Gasteiger partial charge in [0.05, 0.1) is 19.2 Å². The lowest BCUT2D eigenvalue weighted by Gasteiger charge is -2.15. The average molecular weight is 262 g/mol. The van der Waals surface area contributed by atoms with E-state index in [-0.39, 0.29) is 0 Å². The Morgan fingerprint density at radius 3 is 2.61 bits per heavy atom. The smallest absolute Gasteiger partial charge is 0.404 e. The lowest BCUT2D eigenvalue weighted by molar-refractivity contribution is -0.153. The first-order valence-corrected chi connectivity index (χ1v) is 5.09. The van der Waals surface area contributed by atoms with Crippen molar-refractivity contribution in [1.82, 2.24) is 0 Å². The highest BCUT2D eigenvalue weighted by atomic mass is 19.4. The van der Waals surface area contributed by atoms with Gasteiger partial charge in [0.15, 0.2) is 0 Å². The fourth-order valence-corrected chi connectivity index (χ4v) is 1.26. The maximum atomic E-state index is 12.2. The minimum atomic E-state index is -4.59.